The fourth-order valence-corrected chi connectivity index (χ4v) is 5.05. The highest BCUT2D eigenvalue weighted by Gasteiger charge is 2.29. The number of hydrogen-bond donors (Lipinski definition) is 2. The monoisotopic (exact) mass is 430 g/mol. The van der Waals surface area contributed by atoms with E-state index in [4.69, 9.17) is 4.98 Å². The van der Waals surface area contributed by atoms with Gasteiger partial charge in [0, 0.05) is 28.5 Å². The van der Waals surface area contributed by atoms with Gasteiger partial charge in [0.05, 0.1) is 0 Å². The van der Waals surface area contributed by atoms with Crippen LogP contribution >= 0.6 is 0 Å². The lowest BCUT2D eigenvalue weighted by atomic mass is 9.73. The molecule has 0 unspecified atom stereocenters. The predicted molar refractivity (Wildman–Crippen MR) is 124 cm³/mol. The number of aromatic amines is 2. The van der Waals surface area contributed by atoms with Gasteiger partial charge in [-0.1, -0.05) is 36.8 Å². The van der Waals surface area contributed by atoms with Gasteiger partial charge in [0.25, 0.3) is 0 Å². The predicted octanol–water partition coefficient (Wildman–Crippen LogP) is 5.84. The van der Waals surface area contributed by atoms with E-state index in [1.54, 1.807) is 12.1 Å². The first-order chi connectivity index (χ1) is 15.5. The lowest BCUT2D eigenvalue weighted by Crippen LogP contribution is -2.20. The summed E-state index contributed by atoms with van der Waals surface area (Å²) < 4.78 is 13.9. The van der Waals surface area contributed by atoms with E-state index >= 15 is 0 Å². The van der Waals surface area contributed by atoms with Crippen molar-refractivity contribution in [1.29, 1.82) is 0 Å². The lowest BCUT2D eigenvalue weighted by molar-refractivity contribution is 0.286. The molecule has 1 aliphatic carbocycles. The van der Waals surface area contributed by atoms with Gasteiger partial charge in [-0.25, -0.2) is 9.37 Å². The van der Waals surface area contributed by atoms with Gasteiger partial charge in [-0.05, 0) is 68.2 Å². The van der Waals surface area contributed by atoms with Gasteiger partial charge >= 0.3 is 0 Å². The van der Waals surface area contributed by atoms with Crippen molar-refractivity contribution in [2.24, 2.45) is 5.92 Å². The first-order valence-corrected chi connectivity index (χ1v) is 11.3. The molecule has 164 valence electrons. The minimum Gasteiger partial charge on any atom is -0.322 e. The minimum atomic E-state index is -0.275. The zero-order chi connectivity index (χ0) is 22.2. The number of aryl methyl sites for hydroxylation is 1. The molecule has 2 N–H and O–H groups in total. The number of aromatic nitrogens is 4. The fraction of sp³-hybridized carbons (Fsp3) is 0.346. The summed E-state index contributed by atoms with van der Waals surface area (Å²) in [6.45, 7) is 4.28. The molecule has 0 bridgehead atoms. The zero-order valence-electron chi connectivity index (χ0n) is 18.4. The molecule has 1 aliphatic rings. The molecule has 1 fully saturated rings. The molecule has 2 aromatic heterocycles. The smallest absolute Gasteiger partial charge is 0.248 e. The summed E-state index contributed by atoms with van der Waals surface area (Å²) in [6.07, 6.45) is 4.03. The molecule has 1 atom stereocenters. The minimum absolute atomic E-state index is 0.125. The van der Waals surface area contributed by atoms with Crippen LogP contribution in [-0.4, -0.2) is 20.2 Å². The SMILES string of the molecule is Cc1ccc(-c2n[nH]c([C@H](C)C3CCC(c4cc(=O)[nH]c5ccc(F)cc45)CC3)n2)cc1. The maximum absolute atomic E-state index is 13.9. The first kappa shape index (κ1) is 20.6. The molecule has 6 heteroatoms. The molecule has 0 saturated heterocycles. The van der Waals surface area contributed by atoms with E-state index in [1.807, 2.05) is 12.1 Å². The number of pyridine rings is 1. The van der Waals surface area contributed by atoms with Crippen LogP contribution in [0.5, 0.6) is 0 Å². The van der Waals surface area contributed by atoms with Crippen molar-refractivity contribution in [3.63, 3.8) is 0 Å². The third kappa shape index (κ3) is 3.97. The third-order valence-corrected chi connectivity index (χ3v) is 7.00. The molecule has 1 saturated carbocycles. The standard InChI is InChI=1S/C26H27FN4O/c1-15-3-5-19(6-4-15)26-29-25(30-31-26)16(2)17-7-9-18(10-8-17)21-14-24(32)28-23-12-11-20(27)13-22(21)23/h3-6,11-14,16-18H,7-10H2,1-2H3,(H,28,32)(H,29,30,31)/t16-,17?,18?/m1/s1. The van der Waals surface area contributed by atoms with Gasteiger partial charge in [-0.3, -0.25) is 9.89 Å². The van der Waals surface area contributed by atoms with Crippen LogP contribution in [0.15, 0.2) is 53.3 Å². The Hall–Kier alpha value is -3.28. The number of nitrogens with one attached hydrogen (secondary N) is 2. The number of nitrogens with zero attached hydrogens (tertiary/aromatic N) is 2. The molecular weight excluding hydrogens is 403 g/mol. The van der Waals surface area contributed by atoms with Gasteiger partial charge in [-0.15, -0.1) is 0 Å². The average Bonchev–Trinajstić information content (AvgIpc) is 3.29. The maximum atomic E-state index is 13.9. The number of rotatable bonds is 4. The van der Waals surface area contributed by atoms with Crippen LogP contribution in [0.3, 0.4) is 0 Å². The summed E-state index contributed by atoms with van der Waals surface area (Å²) in [5.41, 5.74) is 3.78. The second-order valence-electron chi connectivity index (χ2n) is 9.09. The van der Waals surface area contributed by atoms with Gasteiger partial charge in [0.2, 0.25) is 5.56 Å². The average molecular weight is 431 g/mol. The van der Waals surface area contributed by atoms with Crippen molar-refractivity contribution in [2.75, 3.05) is 0 Å². The van der Waals surface area contributed by atoms with Gasteiger partial charge in [0.1, 0.15) is 11.6 Å². The molecule has 5 nitrogen and oxygen atoms in total. The van der Waals surface area contributed by atoms with Crippen molar-refractivity contribution in [2.45, 2.75) is 51.4 Å². The molecule has 32 heavy (non-hydrogen) atoms. The maximum Gasteiger partial charge on any atom is 0.248 e. The fourth-order valence-electron chi connectivity index (χ4n) is 5.05. The first-order valence-electron chi connectivity index (χ1n) is 11.3. The normalized spacial score (nSPS) is 19.8. The Kier molecular flexibility index (Phi) is 5.37. The number of fused-ring (bicyclic) bond motifs is 1. The Morgan fingerprint density at radius 1 is 1.03 bits per heavy atom. The molecule has 2 heterocycles. The van der Waals surface area contributed by atoms with E-state index in [-0.39, 0.29) is 23.2 Å². The Morgan fingerprint density at radius 2 is 1.78 bits per heavy atom. The summed E-state index contributed by atoms with van der Waals surface area (Å²) in [5.74, 6) is 2.42. The summed E-state index contributed by atoms with van der Waals surface area (Å²) in [6, 6.07) is 14.5. The molecule has 5 rings (SSSR count). The largest absolute Gasteiger partial charge is 0.322 e. The molecule has 2 aromatic carbocycles. The highest BCUT2D eigenvalue weighted by molar-refractivity contribution is 5.82. The molecule has 0 radical (unpaired) electrons. The van der Waals surface area contributed by atoms with E-state index < -0.39 is 0 Å². The van der Waals surface area contributed by atoms with E-state index in [0.717, 1.165) is 53.8 Å². The number of H-pyrrole nitrogens is 2. The number of hydrogen-bond acceptors (Lipinski definition) is 3. The Labute approximate surface area is 186 Å². The third-order valence-electron chi connectivity index (χ3n) is 7.00. The lowest BCUT2D eigenvalue weighted by Gasteiger charge is -2.32. The van der Waals surface area contributed by atoms with Gasteiger partial charge in [-0.2, -0.15) is 5.10 Å². The van der Waals surface area contributed by atoms with E-state index in [2.05, 4.69) is 41.2 Å². The highest BCUT2D eigenvalue weighted by atomic mass is 19.1. The van der Waals surface area contributed by atoms with Crippen LogP contribution in [0.2, 0.25) is 0 Å². The summed E-state index contributed by atoms with van der Waals surface area (Å²) in [4.78, 5) is 19.8. The van der Waals surface area contributed by atoms with Crippen LogP contribution in [-0.2, 0) is 0 Å². The highest BCUT2D eigenvalue weighted by Crippen LogP contribution is 2.42. The van der Waals surface area contributed by atoms with E-state index in [9.17, 15) is 9.18 Å². The quantitative estimate of drug-likeness (QED) is 0.427. The Morgan fingerprint density at radius 3 is 2.53 bits per heavy atom. The van der Waals surface area contributed by atoms with Crippen molar-refractivity contribution in [3.8, 4) is 11.4 Å². The van der Waals surface area contributed by atoms with Crippen molar-refractivity contribution in [1.82, 2.24) is 20.2 Å². The summed E-state index contributed by atoms with van der Waals surface area (Å²) >= 11 is 0. The second-order valence-corrected chi connectivity index (χ2v) is 9.09. The molecule has 0 amide bonds. The van der Waals surface area contributed by atoms with Crippen LogP contribution in [0.4, 0.5) is 4.39 Å². The van der Waals surface area contributed by atoms with E-state index in [0.29, 0.717) is 11.4 Å². The molecule has 0 aliphatic heterocycles. The topological polar surface area (TPSA) is 74.4 Å². The van der Waals surface area contributed by atoms with Crippen LogP contribution in [0, 0.1) is 18.7 Å². The van der Waals surface area contributed by atoms with Gasteiger partial charge < -0.3 is 4.98 Å². The number of halogens is 1. The van der Waals surface area contributed by atoms with Crippen molar-refractivity contribution >= 4 is 10.9 Å². The van der Waals surface area contributed by atoms with Crippen LogP contribution in [0.25, 0.3) is 22.3 Å². The summed E-state index contributed by atoms with van der Waals surface area (Å²) in [5, 5.41) is 8.40. The van der Waals surface area contributed by atoms with Crippen LogP contribution in [0.1, 0.15) is 61.4 Å². The van der Waals surface area contributed by atoms with Gasteiger partial charge in [0.15, 0.2) is 5.82 Å². The molecule has 4 aromatic rings. The zero-order valence-corrected chi connectivity index (χ0v) is 18.4. The van der Waals surface area contributed by atoms with E-state index in [1.165, 1.54) is 17.7 Å². The summed E-state index contributed by atoms with van der Waals surface area (Å²) in [7, 11) is 0. The van der Waals surface area contributed by atoms with Crippen molar-refractivity contribution < 1.29 is 4.39 Å². The molecular formula is C26H27FN4O. The number of benzene rings is 2. The van der Waals surface area contributed by atoms with Crippen LogP contribution < -0.4 is 5.56 Å². The second kappa shape index (κ2) is 8.34. The Balaban J connectivity index is 1.31. The van der Waals surface area contributed by atoms with Crippen molar-refractivity contribution in [3.05, 3.63) is 81.7 Å². The molecule has 0 spiro atoms. The Bertz CT molecular complexity index is 1300.